The highest BCUT2D eigenvalue weighted by Gasteiger charge is 2.28. The van der Waals surface area contributed by atoms with Crippen molar-refractivity contribution in [1.82, 2.24) is 9.80 Å². The fourth-order valence-corrected chi connectivity index (χ4v) is 4.06. The van der Waals surface area contributed by atoms with Crippen molar-refractivity contribution in [3.05, 3.63) is 65.2 Å². The number of nitrogens with zero attached hydrogens (tertiary/aromatic N) is 3. The molecular weight excluding hydrogens is 390 g/mol. The Morgan fingerprint density at radius 3 is 2.55 bits per heavy atom. The van der Waals surface area contributed by atoms with Gasteiger partial charge in [0.25, 0.3) is 5.91 Å². The third-order valence-corrected chi connectivity index (χ3v) is 5.91. The molecule has 0 aliphatic carbocycles. The Balaban J connectivity index is 1.57. The summed E-state index contributed by atoms with van der Waals surface area (Å²) in [5.74, 6) is 0.858. The number of likely N-dealkylation sites (tertiary alicyclic amines) is 1. The van der Waals surface area contributed by atoms with Crippen LogP contribution in [0.15, 0.2) is 48.5 Å². The number of carbonyl (C=O) groups is 1. The minimum Gasteiger partial charge on any atom is -0.497 e. The summed E-state index contributed by atoms with van der Waals surface area (Å²) in [6.45, 7) is 4.00. The Hall–Kier alpha value is -2.88. The quantitative estimate of drug-likeness (QED) is 0.621. The van der Waals surface area contributed by atoms with E-state index in [1.807, 2.05) is 17.0 Å². The molecule has 31 heavy (non-hydrogen) atoms. The minimum absolute atomic E-state index is 0.0224. The maximum atomic E-state index is 13.2. The molecular formula is C25H31N3O3. The van der Waals surface area contributed by atoms with Gasteiger partial charge in [-0.15, -0.1) is 0 Å². The summed E-state index contributed by atoms with van der Waals surface area (Å²) in [7, 11) is 3.33. The number of piperidine rings is 1. The number of carbonyl (C=O) groups excluding carboxylic acids is 1. The van der Waals surface area contributed by atoms with Gasteiger partial charge in [0.15, 0.2) is 0 Å². The van der Waals surface area contributed by atoms with Gasteiger partial charge in [0, 0.05) is 44.9 Å². The molecule has 1 heterocycles. The third-order valence-electron chi connectivity index (χ3n) is 5.91. The van der Waals surface area contributed by atoms with Gasteiger partial charge in [-0.25, -0.2) is 0 Å². The largest absolute Gasteiger partial charge is 0.497 e. The summed E-state index contributed by atoms with van der Waals surface area (Å²) >= 11 is 0. The smallest absolute Gasteiger partial charge is 0.254 e. The van der Waals surface area contributed by atoms with Crippen LogP contribution in [0.4, 0.5) is 0 Å². The van der Waals surface area contributed by atoms with Crippen LogP contribution in [-0.2, 0) is 11.2 Å². The molecule has 3 rings (SSSR count). The molecule has 164 valence electrons. The molecule has 1 amide bonds. The van der Waals surface area contributed by atoms with E-state index in [1.54, 1.807) is 38.5 Å². The third kappa shape index (κ3) is 6.30. The van der Waals surface area contributed by atoms with E-state index in [2.05, 4.69) is 23.1 Å². The number of hydrogen-bond acceptors (Lipinski definition) is 5. The molecule has 0 bridgehead atoms. The van der Waals surface area contributed by atoms with Gasteiger partial charge in [-0.1, -0.05) is 18.2 Å². The topological polar surface area (TPSA) is 65.8 Å². The van der Waals surface area contributed by atoms with E-state index < -0.39 is 0 Å². The normalized spacial score (nSPS) is 14.7. The fourth-order valence-electron chi connectivity index (χ4n) is 4.06. The molecule has 1 aliphatic rings. The maximum absolute atomic E-state index is 13.2. The molecule has 1 saturated heterocycles. The monoisotopic (exact) mass is 421 g/mol. The summed E-state index contributed by atoms with van der Waals surface area (Å²) in [4.78, 5) is 17.6. The van der Waals surface area contributed by atoms with E-state index in [0.29, 0.717) is 24.3 Å². The first kappa shape index (κ1) is 22.8. The zero-order valence-electron chi connectivity index (χ0n) is 18.4. The fraction of sp³-hybridized carbons (Fsp3) is 0.440. The molecule has 0 spiro atoms. The van der Waals surface area contributed by atoms with Gasteiger partial charge in [0.2, 0.25) is 0 Å². The molecule has 1 fully saturated rings. The second kappa shape index (κ2) is 11.5. The number of rotatable bonds is 9. The first-order valence-corrected chi connectivity index (χ1v) is 10.8. The van der Waals surface area contributed by atoms with Crippen LogP contribution in [0.25, 0.3) is 0 Å². The molecule has 0 N–H and O–H groups in total. The lowest BCUT2D eigenvalue weighted by Gasteiger charge is -2.38. The highest BCUT2D eigenvalue weighted by atomic mass is 16.5. The van der Waals surface area contributed by atoms with Gasteiger partial charge in [-0.3, -0.25) is 4.79 Å². The van der Waals surface area contributed by atoms with Crippen LogP contribution in [0, 0.1) is 11.3 Å². The minimum atomic E-state index is -0.0224. The zero-order valence-corrected chi connectivity index (χ0v) is 18.4. The molecule has 2 aromatic carbocycles. The number of ether oxygens (including phenoxy) is 2. The second-order valence-electron chi connectivity index (χ2n) is 7.85. The number of methoxy groups -OCH3 is 2. The number of nitriles is 1. The molecule has 0 atom stereocenters. The van der Waals surface area contributed by atoms with Gasteiger partial charge in [-0.2, -0.15) is 5.26 Å². The summed E-state index contributed by atoms with van der Waals surface area (Å²) in [5, 5.41) is 9.15. The van der Waals surface area contributed by atoms with Gasteiger partial charge in [0.1, 0.15) is 5.75 Å². The molecule has 0 aromatic heterocycles. The van der Waals surface area contributed by atoms with E-state index in [9.17, 15) is 4.79 Å². The highest BCUT2D eigenvalue weighted by Crippen LogP contribution is 2.20. The van der Waals surface area contributed by atoms with Crippen LogP contribution in [0.5, 0.6) is 5.75 Å². The van der Waals surface area contributed by atoms with Crippen molar-refractivity contribution in [2.45, 2.75) is 25.3 Å². The average molecular weight is 422 g/mol. The Labute approximate surface area is 185 Å². The lowest BCUT2D eigenvalue weighted by atomic mass is 10.0. The molecule has 1 aliphatic heterocycles. The first-order chi connectivity index (χ1) is 15.1. The van der Waals surface area contributed by atoms with E-state index in [-0.39, 0.29) is 11.9 Å². The van der Waals surface area contributed by atoms with Gasteiger partial charge in [0.05, 0.1) is 25.3 Å². The Morgan fingerprint density at radius 2 is 1.90 bits per heavy atom. The molecule has 6 heteroatoms. The predicted molar refractivity (Wildman–Crippen MR) is 120 cm³/mol. The average Bonchev–Trinajstić information content (AvgIpc) is 2.84. The van der Waals surface area contributed by atoms with E-state index in [4.69, 9.17) is 14.7 Å². The van der Waals surface area contributed by atoms with Crippen molar-refractivity contribution in [1.29, 1.82) is 5.26 Å². The van der Waals surface area contributed by atoms with Crippen molar-refractivity contribution in [2.24, 2.45) is 0 Å². The van der Waals surface area contributed by atoms with Crippen LogP contribution in [-0.4, -0.2) is 68.8 Å². The van der Waals surface area contributed by atoms with E-state index in [0.717, 1.165) is 44.6 Å². The van der Waals surface area contributed by atoms with Crippen molar-refractivity contribution < 1.29 is 14.3 Å². The lowest BCUT2D eigenvalue weighted by Crippen LogP contribution is -2.48. The number of benzene rings is 2. The van der Waals surface area contributed by atoms with Gasteiger partial charge >= 0.3 is 0 Å². The lowest BCUT2D eigenvalue weighted by molar-refractivity contribution is 0.0486. The standard InChI is InChI=1S/C25H31N3O3/c1-30-17-16-28(25(29)22-5-3-4-21(18-22)19-26)23-11-14-27(15-12-23)13-10-20-6-8-24(31-2)9-7-20/h3-9,18,23H,10-17H2,1-2H3. The van der Waals surface area contributed by atoms with E-state index >= 15 is 0 Å². The van der Waals surface area contributed by atoms with Crippen molar-refractivity contribution in [3.63, 3.8) is 0 Å². The zero-order chi connectivity index (χ0) is 22.1. The highest BCUT2D eigenvalue weighted by molar-refractivity contribution is 5.94. The SMILES string of the molecule is COCCN(C(=O)c1cccc(C#N)c1)C1CCN(CCc2ccc(OC)cc2)CC1. The Morgan fingerprint density at radius 1 is 1.16 bits per heavy atom. The Bertz CT molecular complexity index is 884. The number of hydrogen-bond donors (Lipinski definition) is 0. The summed E-state index contributed by atoms with van der Waals surface area (Å²) in [6.07, 6.45) is 2.88. The van der Waals surface area contributed by atoms with E-state index in [1.165, 1.54) is 5.56 Å². The molecule has 0 saturated carbocycles. The summed E-state index contributed by atoms with van der Waals surface area (Å²) < 4.78 is 10.5. The van der Waals surface area contributed by atoms with Crippen molar-refractivity contribution >= 4 is 5.91 Å². The maximum Gasteiger partial charge on any atom is 0.254 e. The Kier molecular flexibility index (Phi) is 8.45. The predicted octanol–water partition coefficient (Wildman–Crippen LogP) is 3.36. The van der Waals surface area contributed by atoms with Crippen molar-refractivity contribution in [3.8, 4) is 11.8 Å². The molecule has 6 nitrogen and oxygen atoms in total. The summed E-state index contributed by atoms with van der Waals surface area (Å²) in [5.41, 5.74) is 2.38. The van der Waals surface area contributed by atoms with Crippen LogP contribution < -0.4 is 4.74 Å². The summed E-state index contributed by atoms with van der Waals surface area (Å²) in [6, 6.07) is 17.5. The van der Waals surface area contributed by atoms with Crippen LogP contribution in [0.3, 0.4) is 0 Å². The molecule has 0 unspecified atom stereocenters. The van der Waals surface area contributed by atoms with Crippen molar-refractivity contribution in [2.75, 3.05) is 47.0 Å². The van der Waals surface area contributed by atoms with Crippen LogP contribution in [0.2, 0.25) is 0 Å². The van der Waals surface area contributed by atoms with Gasteiger partial charge < -0.3 is 19.3 Å². The van der Waals surface area contributed by atoms with Gasteiger partial charge in [-0.05, 0) is 55.2 Å². The van der Waals surface area contributed by atoms with Crippen LogP contribution >= 0.6 is 0 Å². The molecule has 0 radical (unpaired) electrons. The van der Waals surface area contributed by atoms with Crippen LogP contribution in [0.1, 0.15) is 34.3 Å². The first-order valence-electron chi connectivity index (χ1n) is 10.8. The molecule has 2 aromatic rings. The number of amides is 1. The second-order valence-corrected chi connectivity index (χ2v) is 7.85.